The monoisotopic (exact) mass is 425 g/mol. The van der Waals surface area contributed by atoms with Crippen LogP contribution in [-0.2, 0) is 11.2 Å². The Morgan fingerprint density at radius 3 is 2.70 bits per heavy atom. The Kier molecular flexibility index (Phi) is 5.76. The van der Waals surface area contributed by atoms with Crippen molar-refractivity contribution in [3.8, 4) is 5.75 Å². The summed E-state index contributed by atoms with van der Waals surface area (Å²) in [6.45, 7) is 2.39. The number of amides is 2. The van der Waals surface area contributed by atoms with E-state index in [-0.39, 0.29) is 17.7 Å². The largest absolute Gasteiger partial charge is 0.492 e. The van der Waals surface area contributed by atoms with Gasteiger partial charge in [0.1, 0.15) is 11.6 Å². The van der Waals surface area contributed by atoms with Gasteiger partial charge in [-0.15, -0.1) is 11.3 Å². The molecule has 0 fully saturated rings. The predicted molar refractivity (Wildman–Crippen MR) is 114 cm³/mol. The van der Waals surface area contributed by atoms with Crippen molar-refractivity contribution in [1.82, 2.24) is 4.98 Å². The lowest BCUT2D eigenvalue weighted by Crippen LogP contribution is -2.20. The Labute approximate surface area is 177 Å². The molecular weight excluding hydrogens is 405 g/mol. The first-order chi connectivity index (χ1) is 14.5. The summed E-state index contributed by atoms with van der Waals surface area (Å²) in [4.78, 5) is 30.7. The molecular formula is C22H20FN3O3S. The van der Waals surface area contributed by atoms with Crippen LogP contribution in [0, 0.1) is 5.82 Å². The summed E-state index contributed by atoms with van der Waals surface area (Å²) in [7, 11) is 0. The zero-order chi connectivity index (χ0) is 21.1. The van der Waals surface area contributed by atoms with Crippen LogP contribution in [-0.4, -0.2) is 23.4 Å². The van der Waals surface area contributed by atoms with Crippen molar-refractivity contribution in [3.63, 3.8) is 0 Å². The van der Waals surface area contributed by atoms with Crippen LogP contribution in [0.5, 0.6) is 5.75 Å². The highest BCUT2D eigenvalue weighted by Crippen LogP contribution is 2.39. The third-order valence-electron chi connectivity index (χ3n) is 4.81. The molecule has 154 valence electrons. The van der Waals surface area contributed by atoms with Crippen molar-refractivity contribution in [3.05, 3.63) is 70.5 Å². The maximum absolute atomic E-state index is 13.0. The van der Waals surface area contributed by atoms with Gasteiger partial charge in [-0.3, -0.25) is 14.9 Å². The molecule has 0 bridgehead atoms. The number of carbonyl (C=O) groups excluding carboxylic acids is 2. The lowest BCUT2D eigenvalue weighted by Gasteiger charge is -2.14. The molecule has 1 atom stereocenters. The normalized spacial score (nSPS) is 14.8. The Bertz CT molecular complexity index is 1080. The molecule has 4 rings (SSSR count). The predicted octanol–water partition coefficient (Wildman–Crippen LogP) is 4.60. The fourth-order valence-electron chi connectivity index (χ4n) is 3.38. The number of carbonyl (C=O) groups is 2. The zero-order valence-corrected chi connectivity index (χ0v) is 17.1. The van der Waals surface area contributed by atoms with E-state index in [0.29, 0.717) is 40.9 Å². The van der Waals surface area contributed by atoms with E-state index in [1.165, 1.54) is 35.6 Å². The lowest BCUT2D eigenvalue weighted by atomic mass is 10.1. The number of rotatable bonds is 6. The molecule has 2 amide bonds. The van der Waals surface area contributed by atoms with Gasteiger partial charge in [-0.05, 0) is 56.2 Å². The summed E-state index contributed by atoms with van der Waals surface area (Å²) in [5, 5.41) is 6.11. The van der Waals surface area contributed by atoms with E-state index in [1.54, 1.807) is 6.07 Å². The highest BCUT2D eigenvalue weighted by molar-refractivity contribution is 7.16. The Morgan fingerprint density at radius 2 is 1.93 bits per heavy atom. The molecule has 2 N–H and O–H groups in total. The van der Waals surface area contributed by atoms with Crippen molar-refractivity contribution < 1.29 is 18.7 Å². The average molecular weight is 425 g/mol. The molecule has 0 aliphatic heterocycles. The second-order valence-electron chi connectivity index (χ2n) is 6.80. The first-order valence-corrected chi connectivity index (χ1v) is 10.5. The third kappa shape index (κ3) is 4.18. The van der Waals surface area contributed by atoms with Gasteiger partial charge in [0, 0.05) is 10.4 Å². The standard InChI is InChI=1S/C22H20FN3O3S/c1-2-29-17-6-4-3-5-16(17)24-21(28)15-11-12-18-19(15)25-22(30-18)26-20(27)13-7-9-14(23)10-8-13/h3-10,15H,2,11-12H2,1H3,(H,24,28)(H,25,26,27). The number of hydrogen-bond donors (Lipinski definition) is 2. The number of benzene rings is 2. The second-order valence-corrected chi connectivity index (χ2v) is 7.88. The summed E-state index contributed by atoms with van der Waals surface area (Å²) in [5.74, 6) is -0.685. The molecule has 0 spiro atoms. The Morgan fingerprint density at radius 1 is 1.17 bits per heavy atom. The van der Waals surface area contributed by atoms with Gasteiger partial charge in [-0.1, -0.05) is 12.1 Å². The molecule has 2 aromatic carbocycles. The zero-order valence-electron chi connectivity index (χ0n) is 16.3. The summed E-state index contributed by atoms with van der Waals surface area (Å²) in [5.41, 5.74) is 1.66. The van der Waals surface area contributed by atoms with Gasteiger partial charge in [0.15, 0.2) is 5.13 Å². The molecule has 1 unspecified atom stereocenters. The van der Waals surface area contributed by atoms with Crippen molar-refractivity contribution in [2.24, 2.45) is 0 Å². The Balaban J connectivity index is 1.47. The molecule has 6 nitrogen and oxygen atoms in total. The summed E-state index contributed by atoms with van der Waals surface area (Å²) in [6, 6.07) is 12.6. The number of nitrogens with zero attached hydrogens (tertiary/aromatic N) is 1. The molecule has 3 aromatic rings. The lowest BCUT2D eigenvalue weighted by molar-refractivity contribution is -0.117. The number of thiazole rings is 1. The first kappa shape index (κ1) is 20.0. The fourth-order valence-corrected chi connectivity index (χ4v) is 4.41. The van der Waals surface area contributed by atoms with Crippen LogP contribution in [0.2, 0.25) is 0 Å². The molecule has 1 aliphatic carbocycles. The number of hydrogen-bond acceptors (Lipinski definition) is 5. The topological polar surface area (TPSA) is 80.3 Å². The van der Waals surface area contributed by atoms with Crippen LogP contribution in [0.1, 0.15) is 40.2 Å². The summed E-state index contributed by atoms with van der Waals surface area (Å²) in [6.07, 6.45) is 1.40. The quantitative estimate of drug-likeness (QED) is 0.605. The molecule has 1 aromatic heterocycles. The van der Waals surface area contributed by atoms with E-state index in [4.69, 9.17) is 4.74 Å². The number of para-hydroxylation sites is 2. The van der Waals surface area contributed by atoms with E-state index >= 15 is 0 Å². The van der Waals surface area contributed by atoms with Crippen LogP contribution in [0.25, 0.3) is 0 Å². The van der Waals surface area contributed by atoms with Gasteiger partial charge < -0.3 is 10.1 Å². The summed E-state index contributed by atoms with van der Waals surface area (Å²) >= 11 is 1.37. The molecule has 1 aliphatic rings. The number of nitrogens with one attached hydrogen (secondary N) is 2. The molecule has 8 heteroatoms. The van der Waals surface area contributed by atoms with Crippen LogP contribution in [0.15, 0.2) is 48.5 Å². The minimum Gasteiger partial charge on any atom is -0.492 e. The molecule has 1 heterocycles. The molecule has 0 saturated carbocycles. The van der Waals surface area contributed by atoms with E-state index in [9.17, 15) is 14.0 Å². The number of halogens is 1. The van der Waals surface area contributed by atoms with E-state index in [2.05, 4.69) is 15.6 Å². The highest BCUT2D eigenvalue weighted by Gasteiger charge is 2.33. The van der Waals surface area contributed by atoms with Crippen molar-refractivity contribution in [2.45, 2.75) is 25.7 Å². The number of aromatic nitrogens is 1. The van der Waals surface area contributed by atoms with Crippen molar-refractivity contribution in [2.75, 3.05) is 17.2 Å². The Hall–Kier alpha value is -3.26. The number of aryl methyl sites for hydroxylation is 1. The minimum atomic E-state index is -0.403. The van der Waals surface area contributed by atoms with Gasteiger partial charge in [0.2, 0.25) is 5.91 Å². The van der Waals surface area contributed by atoms with E-state index < -0.39 is 5.82 Å². The average Bonchev–Trinajstić information content (AvgIpc) is 3.30. The second kappa shape index (κ2) is 8.62. The highest BCUT2D eigenvalue weighted by atomic mass is 32.1. The van der Waals surface area contributed by atoms with Gasteiger partial charge >= 0.3 is 0 Å². The van der Waals surface area contributed by atoms with Crippen LogP contribution < -0.4 is 15.4 Å². The smallest absolute Gasteiger partial charge is 0.257 e. The van der Waals surface area contributed by atoms with Gasteiger partial charge in [0.25, 0.3) is 5.91 Å². The SMILES string of the molecule is CCOc1ccccc1NC(=O)C1CCc2sc(NC(=O)c3ccc(F)cc3)nc21. The van der Waals surface area contributed by atoms with E-state index in [0.717, 1.165) is 11.3 Å². The van der Waals surface area contributed by atoms with Crippen LogP contribution in [0.3, 0.4) is 0 Å². The maximum atomic E-state index is 13.0. The summed E-state index contributed by atoms with van der Waals surface area (Å²) < 4.78 is 18.6. The van der Waals surface area contributed by atoms with Crippen LogP contribution in [0.4, 0.5) is 15.2 Å². The van der Waals surface area contributed by atoms with Gasteiger partial charge in [0.05, 0.1) is 23.9 Å². The van der Waals surface area contributed by atoms with Crippen molar-refractivity contribution in [1.29, 1.82) is 0 Å². The molecule has 30 heavy (non-hydrogen) atoms. The van der Waals surface area contributed by atoms with Crippen molar-refractivity contribution >= 4 is 34.0 Å². The number of ether oxygens (including phenoxy) is 1. The molecule has 0 saturated heterocycles. The van der Waals surface area contributed by atoms with Gasteiger partial charge in [-0.2, -0.15) is 0 Å². The first-order valence-electron chi connectivity index (χ1n) is 9.64. The fraction of sp³-hybridized carbons (Fsp3) is 0.227. The molecule has 0 radical (unpaired) electrons. The number of anilines is 2. The maximum Gasteiger partial charge on any atom is 0.257 e. The van der Waals surface area contributed by atoms with Crippen LogP contribution >= 0.6 is 11.3 Å². The van der Waals surface area contributed by atoms with Gasteiger partial charge in [-0.25, -0.2) is 9.37 Å². The third-order valence-corrected chi connectivity index (χ3v) is 5.85. The number of fused-ring (bicyclic) bond motifs is 1. The van der Waals surface area contributed by atoms with E-state index in [1.807, 2.05) is 25.1 Å². The minimum absolute atomic E-state index is 0.150.